The molecule has 2 amide bonds. The van der Waals surface area contributed by atoms with Crippen LogP contribution in [0.3, 0.4) is 0 Å². The number of hydrogen-bond donors (Lipinski definition) is 2. The standard InChI is InChI=1S/C23H28N6O3S/c1-3-10-24-21(31)16-8-6-11-28(12-16)23-27-20-19(33-23)22(32)29(14-25-20)13-18(30)26-17-9-5-4-7-15(17)2/h4-5,7,9,14,16H,3,6,8,10-13H2,1-2H3,(H,24,31)(H,26,30). The topological polar surface area (TPSA) is 109 Å². The maximum atomic E-state index is 13.0. The minimum absolute atomic E-state index is 0.0720. The van der Waals surface area contributed by atoms with Crippen molar-refractivity contribution in [1.29, 1.82) is 0 Å². The van der Waals surface area contributed by atoms with Gasteiger partial charge in [0.05, 0.1) is 5.92 Å². The van der Waals surface area contributed by atoms with Crippen LogP contribution in [0, 0.1) is 12.8 Å². The number of carbonyl (C=O) groups excluding carboxylic acids is 2. The Kier molecular flexibility index (Phi) is 7.02. The van der Waals surface area contributed by atoms with Crippen LogP contribution in [0.1, 0.15) is 31.7 Å². The quantitative estimate of drug-likeness (QED) is 0.552. The number of rotatable bonds is 7. The fourth-order valence-electron chi connectivity index (χ4n) is 3.90. The molecular formula is C23H28N6O3S. The molecule has 1 aliphatic heterocycles. The van der Waals surface area contributed by atoms with Crippen molar-refractivity contribution in [2.24, 2.45) is 5.92 Å². The molecule has 1 atom stereocenters. The molecule has 0 bridgehead atoms. The molecule has 10 heteroatoms. The van der Waals surface area contributed by atoms with E-state index < -0.39 is 0 Å². The van der Waals surface area contributed by atoms with Gasteiger partial charge >= 0.3 is 0 Å². The second kappa shape index (κ2) is 10.1. The van der Waals surface area contributed by atoms with Crippen LogP contribution in [-0.2, 0) is 16.1 Å². The number of amides is 2. The van der Waals surface area contributed by atoms with Crippen LogP contribution < -0.4 is 21.1 Å². The van der Waals surface area contributed by atoms with Gasteiger partial charge in [-0.3, -0.25) is 19.0 Å². The SMILES string of the molecule is CCCNC(=O)C1CCCN(c2nc3ncn(CC(=O)Nc4ccccc4C)c(=O)c3s2)C1. The van der Waals surface area contributed by atoms with E-state index in [1.807, 2.05) is 38.1 Å². The summed E-state index contributed by atoms with van der Waals surface area (Å²) in [6, 6.07) is 7.48. The molecule has 0 radical (unpaired) electrons. The number of fused-ring (bicyclic) bond motifs is 1. The Morgan fingerprint density at radius 3 is 2.88 bits per heavy atom. The summed E-state index contributed by atoms with van der Waals surface area (Å²) in [5.74, 6) is -0.316. The molecule has 9 nitrogen and oxygen atoms in total. The van der Waals surface area contributed by atoms with Crippen LogP contribution in [-0.4, -0.2) is 46.0 Å². The molecule has 33 heavy (non-hydrogen) atoms. The van der Waals surface area contributed by atoms with Crippen molar-refractivity contribution in [2.75, 3.05) is 29.9 Å². The number of nitrogens with zero attached hydrogens (tertiary/aromatic N) is 4. The summed E-state index contributed by atoms with van der Waals surface area (Å²) in [5.41, 5.74) is 1.74. The van der Waals surface area contributed by atoms with Crippen LogP contribution in [0.4, 0.5) is 10.8 Å². The van der Waals surface area contributed by atoms with Crippen molar-refractivity contribution < 1.29 is 9.59 Å². The summed E-state index contributed by atoms with van der Waals surface area (Å²) >= 11 is 1.27. The monoisotopic (exact) mass is 468 g/mol. The van der Waals surface area contributed by atoms with Gasteiger partial charge in [0.2, 0.25) is 11.8 Å². The minimum atomic E-state index is -0.297. The summed E-state index contributed by atoms with van der Waals surface area (Å²) in [5, 5.41) is 6.49. The van der Waals surface area contributed by atoms with E-state index in [0.717, 1.165) is 31.4 Å². The summed E-state index contributed by atoms with van der Waals surface area (Å²) in [7, 11) is 0. The zero-order chi connectivity index (χ0) is 23.4. The number of carbonyl (C=O) groups is 2. The normalized spacial score (nSPS) is 16.1. The summed E-state index contributed by atoms with van der Waals surface area (Å²) < 4.78 is 1.71. The van der Waals surface area contributed by atoms with Gasteiger partial charge in [-0.1, -0.05) is 36.5 Å². The first kappa shape index (κ1) is 22.9. The number of thiazole rings is 1. The van der Waals surface area contributed by atoms with E-state index in [1.165, 1.54) is 22.2 Å². The number of aryl methyl sites for hydroxylation is 1. The van der Waals surface area contributed by atoms with Gasteiger partial charge in [-0.2, -0.15) is 4.98 Å². The third kappa shape index (κ3) is 5.22. The highest BCUT2D eigenvalue weighted by atomic mass is 32.1. The van der Waals surface area contributed by atoms with Gasteiger partial charge in [0, 0.05) is 25.3 Å². The van der Waals surface area contributed by atoms with E-state index in [4.69, 9.17) is 0 Å². The summed E-state index contributed by atoms with van der Waals surface area (Å²) in [6.45, 7) is 5.84. The zero-order valence-electron chi connectivity index (χ0n) is 18.8. The third-order valence-corrected chi connectivity index (χ3v) is 6.81. The Balaban J connectivity index is 1.49. The second-order valence-corrected chi connectivity index (χ2v) is 9.24. The number of benzene rings is 1. The highest BCUT2D eigenvalue weighted by Crippen LogP contribution is 2.29. The molecule has 1 fully saturated rings. The van der Waals surface area contributed by atoms with E-state index in [9.17, 15) is 14.4 Å². The first-order valence-corrected chi connectivity index (χ1v) is 12.0. The Hall–Kier alpha value is -3.27. The van der Waals surface area contributed by atoms with Crippen molar-refractivity contribution in [3.63, 3.8) is 0 Å². The van der Waals surface area contributed by atoms with Gasteiger partial charge in [0.25, 0.3) is 5.56 Å². The fourth-order valence-corrected chi connectivity index (χ4v) is 4.90. The highest BCUT2D eigenvalue weighted by molar-refractivity contribution is 7.22. The molecule has 3 heterocycles. The number of anilines is 2. The van der Waals surface area contributed by atoms with E-state index in [0.29, 0.717) is 34.3 Å². The lowest BCUT2D eigenvalue weighted by Gasteiger charge is -2.31. The maximum absolute atomic E-state index is 13.0. The molecule has 0 aliphatic carbocycles. The van der Waals surface area contributed by atoms with Gasteiger partial charge < -0.3 is 15.5 Å². The number of nitrogens with one attached hydrogen (secondary N) is 2. The van der Waals surface area contributed by atoms with Crippen molar-refractivity contribution in [3.05, 3.63) is 46.5 Å². The van der Waals surface area contributed by atoms with Crippen LogP contribution in [0.2, 0.25) is 0 Å². The average Bonchev–Trinajstić information content (AvgIpc) is 3.26. The van der Waals surface area contributed by atoms with Crippen LogP contribution in [0.25, 0.3) is 10.3 Å². The first-order chi connectivity index (χ1) is 16.0. The van der Waals surface area contributed by atoms with Crippen LogP contribution >= 0.6 is 11.3 Å². The largest absolute Gasteiger partial charge is 0.356 e. The molecule has 1 aromatic carbocycles. The first-order valence-electron chi connectivity index (χ1n) is 11.2. The molecule has 1 saturated heterocycles. The van der Waals surface area contributed by atoms with Gasteiger partial charge in [0.1, 0.15) is 17.6 Å². The molecular weight excluding hydrogens is 440 g/mol. The number of piperidine rings is 1. The Labute approximate surface area is 195 Å². The molecule has 4 rings (SSSR count). The molecule has 0 spiro atoms. The Bertz CT molecular complexity index is 1220. The fraction of sp³-hybridized carbons (Fsp3) is 0.435. The van der Waals surface area contributed by atoms with Crippen molar-refractivity contribution in [2.45, 2.75) is 39.7 Å². The maximum Gasteiger partial charge on any atom is 0.273 e. The molecule has 2 N–H and O–H groups in total. The van der Waals surface area contributed by atoms with Gasteiger partial charge in [-0.05, 0) is 37.8 Å². The zero-order valence-corrected chi connectivity index (χ0v) is 19.7. The van der Waals surface area contributed by atoms with E-state index in [-0.39, 0.29) is 29.8 Å². The van der Waals surface area contributed by atoms with Crippen LogP contribution in [0.15, 0.2) is 35.4 Å². The lowest BCUT2D eigenvalue weighted by molar-refractivity contribution is -0.125. The molecule has 1 aliphatic rings. The van der Waals surface area contributed by atoms with Crippen molar-refractivity contribution >= 4 is 44.3 Å². The van der Waals surface area contributed by atoms with Crippen molar-refractivity contribution in [3.8, 4) is 0 Å². The molecule has 1 unspecified atom stereocenters. The number of aromatic nitrogens is 3. The average molecular weight is 469 g/mol. The molecule has 174 valence electrons. The Morgan fingerprint density at radius 2 is 2.09 bits per heavy atom. The van der Waals surface area contributed by atoms with E-state index in [1.54, 1.807) is 0 Å². The number of hydrogen-bond acceptors (Lipinski definition) is 7. The van der Waals surface area contributed by atoms with Gasteiger partial charge in [0.15, 0.2) is 10.8 Å². The van der Waals surface area contributed by atoms with Crippen LogP contribution in [0.5, 0.6) is 0 Å². The third-order valence-electron chi connectivity index (χ3n) is 5.72. The minimum Gasteiger partial charge on any atom is -0.356 e. The predicted molar refractivity (Wildman–Crippen MR) is 130 cm³/mol. The summed E-state index contributed by atoms with van der Waals surface area (Å²) in [6.07, 6.45) is 4.00. The highest BCUT2D eigenvalue weighted by Gasteiger charge is 2.27. The molecule has 3 aromatic rings. The van der Waals surface area contributed by atoms with E-state index in [2.05, 4.69) is 25.5 Å². The Morgan fingerprint density at radius 1 is 1.27 bits per heavy atom. The lowest BCUT2D eigenvalue weighted by atomic mass is 9.97. The smallest absolute Gasteiger partial charge is 0.273 e. The number of para-hydroxylation sites is 1. The molecule has 0 saturated carbocycles. The van der Waals surface area contributed by atoms with E-state index >= 15 is 0 Å². The van der Waals surface area contributed by atoms with Gasteiger partial charge in [-0.15, -0.1) is 0 Å². The molecule has 2 aromatic heterocycles. The predicted octanol–water partition coefficient (Wildman–Crippen LogP) is 2.54. The van der Waals surface area contributed by atoms with Gasteiger partial charge in [-0.25, -0.2) is 4.98 Å². The summed E-state index contributed by atoms with van der Waals surface area (Å²) in [4.78, 5) is 48.8. The lowest BCUT2D eigenvalue weighted by Crippen LogP contribution is -2.43. The second-order valence-electron chi connectivity index (χ2n) is 8.27. The van der Waals surface area contributed by atoms with Crippen molar-refractivity contribution in [1.82, 2.24) is 19.9 Å².